The van der Waals surface area contributed by atoms with Crippen molar-refractivity contribution in [3.05, 3.63) is 36.4 Å². The molecule has 6 atom stereocenters. The van der Waals surface area contributed by atoms with Crippen LogP contribution >= 0.6 is 0 Å². The maximum atomic E-state index is 11.4. The molecule has 0 saturated carbocycles. The molecule has 6 N–H and O–H groups in total. The largest absolute Gasteiger partial charge is 0.490 e. The van der Waals surface area contributed by atoms with E-state index >= 15 is 0 Å². The molecule has 32 heavy (non-hydrogen) atoms. The number of ether oxygens (including phenoxy) is 3. The summed E-state index contributed by atoms with van der Waals surface area (Å²) in [6.45, 7) is -7.41. The number of aliphatic hydroxyl groups is 4. The molecule has 1 aliphatic heterocycles. The van der Waals surface area contributed by atoms with Crippen LogP contribution in [0.4, 0.5) is 0 Å². The van der Waals surface area contributed by atoms with Crippen molar-refractivity contribution in [2.45, 2.75) is 56.5 Å². The Morgan fingerprint density at radius 3 is 2.44 bits per heavy atom. The predicted octanol–water partition coefficient (Wildman–Crippen LogP) is -0.151. The highest BCUT2D eigenvalue weighted by Crippen LogP contribution is 2.35. The van der Waals surface area contributed by atoms with Gasteiger partial charge in [-0.1, -0.05) is 38.0 Å². The number of hydrogen-bond acceptors (Lipinski definition) is 9. The van der Waals surface area contributed by atoms with Crippen LogP contribution in [0.2, 0.25) is 0 Å². The van der Waals surface area contributed by atoms with E-state index in [9.17, 15) is 30.3 Å². The summed E-state index contributed by atoms with van der Waals surface area (Å²) in [7, 11) is 0. The zero-order valence-corrected chi connectivity index (χ0v) is 16.7. The zero-order chi connectivity index (χ0) is 29.3. The molecule has 1 fully saturated rings. The Bertz CT molecular complexity index is 1150. The molecule has 1 unspecified atom stereocenters. The molecule has 10 nitrogen and oxygen atoms in total. The average Bonchev–Trinajstić information content (AvgIpc) is 2.85. The SMILES string of the molecule is [2H]C([2H])([2H])C([2H])(NCC(O)COc1ccc(O[C@H]2O[C@@H](C(=O)O)[C@H](O)[C@@H](O)[C@@H]2O)c2ccccc12)C([2H])([2H])[2H]. The van der Waals surface area contributed by atoms with Gasteiger partial charge in [0.05, 0.1) is 0 Å². The van der Waals surface area contributed by atoms with Crippen LogP contribution in [-0.4, -0.2) is 87.5 Å². The minimum Gasteiger partial charge on any atom is -0.490 e. The Balaban J connectivity index is 1.74. The van der Waals surface area contributed by atoms with E-state index in [0.717, 1.165) is 0 Å². The van der Waals surface area contributed by atoms with Crippen LogP contribution in [0.1, 0.15) is 23.3 Å². The van der Waals surface area contributed by atoms with Crippen molar-refractivity contribution in [2.24, 2.45) is 0 Å². The molecule has 0 aliphatic carbocycles. The van der Waals surface area contributed by atoms with Gasteiger partial charge < -0.3 is 45.1 Å². The molecule has 0 amide bonds. The molecule has 0 spiro atoms. The number of hydrogen-bond donors (Lipinski definition) is 6. The lowest BCUT2D eigenvalue weighted by molar-refractivity contribution is -0.270. The normalized spacial score (nSPS) is 31.1. The molecule has 1 aliphatic rings. The van der Waals surface area contributed by atoms with Gasteiger partial charge in [-0.15, -0.1) is 0 Å². The molecule has 2 aromatic carbocycles. The molecule has 0 radical (unpaired) electrons. The maximum absolute atomic E-state index is 11.4. The van der Waals surface area contributed by atoms with Crippen molar-refractivity contribution in [1.29, 1.82) is 0 Å². The summed E-state index contributed by atoms with van der Waals surface area (Å²) in [5.41, 5.74) is 0. The third kappa shape index (κ3) is 5.47. The Hall–Kier alpha value is -2.47. The molecule has 10 heteroatoms. The van der Waals surface area contributed by atoms with Gasteiger partial charge in [0, 0.05) is 32.9 Å². The fraction of sp³-hybridized carbons (Fsp3) is 0.500. The van der Waals surface area contributed by atoms with Crippen molar-refractivity contribution in [3.8, 4) is 11.5 Å². The third-order valence-corrected chi connectivity index (χ3v) is 4.85. The first kappa shape index (κ1) is 16.2. The number of fused-ring (bicyclic) bond motifs is 1. The van der Waals surface area contributed by atoms with Crippen molar-refractivity contribution in [2.75, 3.05) is 13.2 Å². The highest BCUT2D eigenvalue weighted by Gasteiger charge is 2.48. The van der Waals surface area contributed by atoms with Crippen LogP contribution < -0.4 is 14.8 Å². The van der Waals surface area contributed by atoms with Crippen molar-refractivity contribution >= 4 is 16.7 Å². The lowest BCUT2D eigenvalue weighted by Crippen LogP contribution is -2.61. The van der Waals surface area contributed by atoms with E-state index in [-0.39, 0.29) is 11.5 Å². The van der Waals surface area contributed by atoms with Gasteiger partial charge in [0.1, 0.15) is 42.5 Å². The van der Waals surface area contributed by atoms with E-state index in [4.69, 9.17) is 23.8 Å². The molecule has 0 aromatic heterocycles. The van der Waals surface area contributed by atoms with E-state index < -0.39 is 75.7 Å². The lowest BCUT2D eigenvalue weighted by Gasteiger charge is -2.38. The summed E-state index contributed by atoms with van der Waals surface area (Å²) >= 11 is 0. The third-order valence-electron chi connectivity index (χ3n) is 4.85. The minimum atomic E-state index is -3.21. The molecule has 1 heterocycles. The maximum Gasteiger partial charge on any atom is 0.335 e. The Morgan fingerprint density at radius 1 is 1.12 bits per heavy atom. The van der Waals surface area contributed by atoms with Crippen LogP contribution in [0.3, 0.4) is 0 Å². The molecule has 176 valence electrons. The quantitative estimate of drug-likeness (QED) is 0.298. The number of carboxylic acid groups (broad SMARTS) is 1. The summed E-state index contributed by atoms with van der Waals surface area (Å²) in [6, 6.07) is 6.33. The lowest BCUT2D eigenvalue weighted by atomic mass is 9.99. The number of carbonyl (C=O) groups is 1. The van der Waals surface area contributed by atoms with E-state index in [0.29, 0.717) is 10.8 Å². The van der Waals surface area contributed by atoms with Gasteiger partial charge in [0.15, 0.2) is 6.10 Å². The van der Waals surface area contributed by atoms with Gasteiger partial charge in [0.2, 0.25) is 6.29 Å². The number of carboxylic acids is 1. The number of nitrogens with one attached hydrogen (secondary N) is 1. The molecule has 3 rings (SSSR count). The fourth-order valence-corrected chi connectivity index (χ4v) is 3.21. The Kier molecular flexibility index (Phi) is 5.28. The number of aliphatic carboxylic acids is 1. The van der Waals surface area contributed by atoms with Crippen LogP contribution in [-0.2, 0) is 9.53 Å². The topological polar surface area (TPSA) is 158 Å². The zero-order valence-electron chi connectivity index (χ0n) is 23.7. The van der Waals surface area contributed by atoms with Crippen LogP contribution in [0, 0.1) is 0 Å². The summed E-state index contributed by atoms with van der Waals surface area (Å²) in [5.74, 6) is -1.24. The summed E-state index contributed by atoms with van der Waals surface area (Å²) < 4.78 is 68.8. The van der Waals surface area contributed by atoms with Gasteiger partial charge >= 0.3 is 5.97 Å². The Morgan fingerprint density at radius 2 is 1.78 bits per heavy atom. The van der Waals surface area contributed by atoms with Gasteiger partial charge in [-0.3, -0.25) is 0 Å². The van der Waals surface area contributed by atoms with Gasteiger partial charge in [0.25, 0.3) is 0 Å². The Labute approximate surface area is 194 Å². The monoisotopic (exact) mass is 458 g/mol. The molecule has 2 aromatic rings. The summed E-state index contributed by atoms with van der Waals surface area (Å²) in [4.78, 5) is 11.4. The van der Waals surface area contributed by atoms with Gasteiger partial charge in [-0.05, 0) is 12.1 Å². The van der Waals surface area contributed by atoms with Crippen molar-refractivity contribution in [1.82, 2.24) is 5.32 Å². The number of benzene rings is 2. The second-order valence-corrected chi connectivity index (χ2v) is 7.18. The van der Waals surface area contributed by atoms with Crippen LogP contribution in [0.5, 0.6) is 11.5 Å². The smallest absolute Gasteiger partial charge is 0.335 e. The molecular formula is C22H29NO9. The molecule has 0 bridgehead atoms. The predicted molar refractivity (Wildman–Crippen MR) is 114 cm³/mol. The van der Waals surface area contributed by atoms with E-state index in [1.807, 2.05) is 0 Å². The second kappa shape index (κ2) is 10.4. The van der Waals surface area contributed by atoms with Crippen molar-refractivity contribution < 1.29 is 54.1 Å². The van der Waals surface area contributed by atoms with E-state index in [1.165, 1.54) is 12.1 Å². The van der Waals surface area contributed by atoms with E-state index in [2.05, 4.69) is 5.32 Å². The molecular weight excluding hydrogens is 422 g/mol. The van der Waals surface area contributed by atoms with E-state index in [1.54, 1.807) is 24.3 Å². The standard InChI is InChI=1S/C22H29NO9/c1-11(2)23-9-12(24)10-30-15-7-8-16(14-6-4-3-5-13(14)15)31-22-19(27)17(25)18(26)20(32-22)21(28)29/h3-8,11-12,17-20,22-27H,9-10H2,1-2H3,(H,28,29)/t12?,17-,18-,19+,20-,22+/m1/s1/i1D3,2D3,11D. The first-order valence-corrected chi connectivity index (χ1v) is 9.64. The van der Waals surface area contributed by atoms with Crippen LogP contribution in [0.15, 0.2) is 36.4 Å². The highest BCUT2D eigenvalue weighted by atomic mass is 16.7. The minimum absolute atomic E-state index is 0.103. The van der Waals surface area contributed by atoms with Crippen LogP contribution in [0.25, 0.3) is 10.8 Å². The fourth-order valence-electron chi connectivity index (χ4n) is 3.21. The van der Waals surface area contributed by atoms with Gasteiger partial charge in [-0.2, -0.15) is 0 Å². The molecule has 1 saturated heterocycles. The second-order valence-electron chi connectivity index (χ2n) is 7.18. The summed E-state index contributed by atoms with van der Waals surface area (Å²) in [6.07, 6.45) is -10.4. The number of rotatable bonds is 9. The van der Waals surface area contributed by atoms with Gasteiger partial charge in [-0.25, -0.2) is 4.79 Å². The summed E-state index contributed by atoms with van der Waals surface area (Å²) in [5, 5.41) is 52.6. The average molecular weight is 459 g/mol. The first-order chi connectivity index (χ1) is 18.0. The highest BCUT2D eigenvalue weighted by molar-refractivity contribution is 5.93. The number of aliphatic hydroxyl groups excluding tert-OH is 4. The van der Waals surface area contributed by atoms with Crippen molar-refractivity contribution in [3.63, 3.8) is 0 Å². The first-order valence-electron chi connectivity index (χ1n) is 13.1.